The number of hydrogen-bond acceptors (Lipinski definition) is 11. The predicted octanol–water partition coefficient (Wildman–Crippen LogP) is 5.91. The van der Waals surface area contributed by atoms with Gasteiger partial charge >= 0.3 is 5.97 Å². The molecular formula is C45H69NO11. The number of nitrogens with zero attached hydrogens (tertiary/aromatic N) is 1. The van der Waals surface area contributed by atoms with E-state index in [0.717, 1.165) is 44.0 Å². The van der Waals surface area contributed by atoms with Gasteiger partial charge in [-0.1, -0.05) is 57.2 Å². The molecule has 57 heavy (non-hydrogen) atoms. The molecule has 1 aliphatic carbocycles. The summed E-state index contributed by atoms with van der Waals surface area (Å²) in [6, 6.07) is -0.993. The molecule has 12 heteroatoms. The summed E-state index contributed by atoms with van der Waals surface area (Å²) >= 11 is 0. The van der Waals surface area contributed by atoms with Crippen LogP contribution in [-0.2, 0) is 38.2 Å². The van der Waals surface area contributed by atoms with Gasteiger partial charge in [0, 0.05) is 38.3 Å². The maximum atomic E-state index is 14.0. The molecule has 3 rings (SSSR count). The quantitative estimate of drug-likeness (QED) is 0.0414. The Morgan fingerprint density at radius 2 is 1.70 bits per heavy atom. The third kappa shape index (κ3) is 14.8. The average Bonchev–Trinajstić information content (AvgIpc) is 3.21. The predicted molar refractivity (Wildman–Crippen MR) is 217 cm³/mol. The van der Waals surface area contributed by atoms with E-state index < -0.39 is 54.2 Å². The zero-order valence-corrected chi connectivity index (χ0v) is 35.1. The molecule has 2 saturated heterocycles. The smallest absolute Gasteiger partial charge is 0.329 e. The number of aliphatic hydroxyl groups excluding tert-OH is 2. The third-order valence-electron chi connectivity index (χ3n) is 12.1. The molecule has 12 nitrogen and oxygen atoms in total. The Hall–Kier alpha value is -3.29. The summed E-state index contributed by atoms with van der Waals surface area (Å²) < 4.78 is 17.9. The summed E-state index contributed by atoms with van der Waals surface area (Å²) in [6.45, 7) is 8.83. The molecule has 0 unspecified atom stereocenters. The number of aliphatic hydroxyl groups is 3. The van der Waals surface area contributed by atoms with Gasteiger partial charge in [0.1, 0.15) is 25.0 Å². The molecule has 8 atom stereocenters. The molecule has 3 N–H and O–H groups in total. The van der Waals surface area contributed by atoms with Crippen molar-refractivity contribution in [3.63, 3.8) is 0 Å². The highest BCUT2D eigenvalue weighted by Gasteiger charge is 2.53. The molecule has 3 aliphatic rings. The number of carbonyl (C=O) groups is 5. The van der Waals surface area contributed by atoms with Crippen LogP contribution in [0.2, 0.25) is 0 Å². The first-order chi connectivity index (χ1) is 27.1. The van der Waals surface area contributed by atoms with Crippen LogP contribution >= 0.6 is 0 Å². The van der Waals surface area contributed by atoms with E-state index in [9.17, 15) is 34.2 Å². The lowest BCUT2D eigenvalue weighted by atomic mass is 9.84. The van der Waals surface area contributed by atoms with E-state index in [2.05, 4.69) is 0 Å². The van der Waals surface area contributed by atoms with Crippen LogP contribution in [-0.4, -0.2) is 106 Å². The van der Waals surface area contributed by atoms with Crippen LogP contribution in [0, 0.1) is 23.7 Å². The number of carbonyl (C=O) groups excluding carboxylic acids is 5. The number of ketones is 2. The van der Waals surface area contributed by atoms with Crippen molar-refractivity contribution in [3.8, 4) is 0 Å². The number of Topliss-reactive ketones (excluding diaryl/α,β-unsaturated/α-hetero) is 2. The molecule has 0 radical (unpaired) electrons. The molecule has 0 bridgehead atoms. The number of piperidine rings is 1. The van der Waals surface area contributed by atoms with Gasteiger partial charge in [0.25, 0.3) is 11.7 Å². The van der Waals surface area contributed by atoms with E-state index in [4.69, 9.17) is 19.3 Å². The van der Waals surface area contributed by atoms with Crippen LogP contribution in [0.1, 0.15) is 125 Å². The van der Waals surface area contributed by atoms with Crippen molar-refractivity contribution in [1.82, 2.24) is 4.90 Å². The summed E-state index contributed by atoms with van der Waals surface area (Å²) in [5, 5.41) is 30.8. The zero-order valence-electron chi connectivity index (χ0n) is 35.1. The minimum atomic E-state index is -2.38. The maximum Gasteiger partial charge on any atom is 0.329 e. The Labute approximate surface area is 339 Å². The fourth-order valence-electron chi connectivity index (χ4n) is 8.16. The van der Waals surface area contributed by atoms with Crippen LogP contribution in [0.4, 0.5) is 0 Å². The summed E-state index contributed by atoms with van der Waals surface area (Å²) in [5.41, 5.74) is 1.42. The van der Waals surface area contributed by atoms with Crippen LogP contribution in [0.3, 0.4) is 0 Å². The fraction of sp³-hybridized carbons (Fsp3) is 0.711. The van der Waals surface area contributed by atoms with Crippen molar-refractivity contribution in [2.45, 2.75) is 161 Å². The summed E-state index contributed by atoms with van der Waals surface area (Å²) in [4.78, 5) is 65.9. The van der Waals surface area contributed by atoms with Gasteiger partial charge in [-0.3, -0.25) is 19.2 Å². The Bertz CT molecular complexity index is 1460. The topological polar surface area (TPSA) is 177 Å². The molecule has 2 aliphatic heterocycles. The van der Waals surface area contributed by atoms with E-state index in [0.29, 0.717) is 69.3 Å². The Morgan fingerprint density at radius 3 is 2.37 bits per heavy atom. The SMILES string of the molecule is CO[C@@H](C[C@@H]1CC[C@@H](C)[C@](O)(C(=O)C(=O)N2CCCC[C@H]2C(=O)O[C@@H](C/C=C(\C)C=O)CC[C@H]2CC[C@H](O)CC2)O1)/C(C)=C/C=C/C=C/[C@@H](C)C[C@@H](C)C(=O)CO. The van der Waals surface area contributed by atoms with Crippen molar-refractivity contribution in [2.24, 2.45) is 23.7 Å². The van der Waals surface area contributed by atoms with Crippen LogP contribution < -0.4 is 0 Å². The van der Waals surface area contributed by atoms with Gasteiger partial charge in [-0.2, -0.15) is 0 Å². The first-order valence-electron chi connectivity index (χ1n) is 21.1. The second kappa shape index (κ2) is 24.0. The van der Waals surface area contributed by atoms with Crippen molar-refractivity contribution in [3.05, 3.63) is 47.6 Å². The largest absolute Gasteiger partial charge is 0.461 e. The van der Waals surface area contributed by atoms with Crippen molar-refractivity contribution >= 4 is 29.7 Å². The number of amides is 1. The van der Waals surface area contributed by atoms with E-state index >= 15 is 0 Å². The molecule has 0 aromatic carbocycles. The molecule has 0 spiro atoms. The van der Waals surface area contributed by atoms with Crippen LogP contribution in [0.15, 0.2) is 47.6 Å². The normalized spacial score (nSPS) is 28.5. The van der Waals surface area contributed by atoms with Gasteiger partial charge < -0.3 is 34.4 Å². The molecule has 2 heterocycles. The van der Waals surface area contributed by atoms with Gasteiger partial charge in [-0.25, -0.2) is 4.79 Å². The van der Waals surface area contributed by atoms with Crippen molar-refractivity contribution in [2.75, 3.05) is 20.3 Å². The molecular weight excluding hydrogens is 730 g/mol. The number of aldehydes is 1. The van der Waals surface area contributed by atoms with Crippen molar-refractivity contribution < 1.29 is 53.5 Å². The minimum Gasteiger partial charge on any atom is -0.461 e. The summed E-state index contributed by atoms with van der Waals surface area (Å²) in [5.74, 6) is -5.54. The van der Waals surface area contributed by atoms with Gasteiger partial charge in [0.15, 0.2) is 5.78 Å². The molecule has 3 fully saturated rings. The molecule has 0 aromatic heterocycles. The van der Waals surface area contributed by atoms with Gasteiger partial charge in [0.05, 0.1) is 18.3 Å². The number of esters is 1. The Kier molecular flexibility index (Phi) is 20.2. The van der Waals surface area contributed by atoms with Crippen molar-refractivity contribution in [1.29, 1.82) is 0 Å². The monoisotopic (exact) mass is 799 g/mol. The maximum absolute atomic E-state index is 14.0. The minimum absolute atomic E-state index is 0.156. The fourth-order valence-corrected chi connectivity index (χ4v) is 8.16. The van der Waals surface area contributed by atoms with E-state index in [1.807, 2.05) is 51.2 Å². The molecule has 0 aromatic rings. The Morgan fingerprint density at radius 1 is 0.982 bits per heavy atom. The van der Waals surface area contributed by atoms with Crippen LogP contribution in [0.5, 0.6) is 0 Å². The first-order valence-corrected chi connectivity index (χ1v) is 21.1. The van der Waals surface area contributed by atoms with Crippen LogP contribution in [0.25, 0.3) is 0 Å². The van der Waals surface area contributed by atoms with Gasteiger partial charge in [-0.05, 0) is 114 Å². The molecule has 1 amide bonds. The highest BCUT2D eigenvalue weighted by Crippen LogP contribution is 2.37. The second-order valence-electron chi connectivity index (χ2n) is 16.7. The number of likely N-dealkylation sites (tertiary alicyclic amines) is 1. The van der Waals surface area contributed by atoms with E-state index in [-0.39, 0.29) is 36.4 Å². The number of hydrogen-bond donors (Lipinski definition) is 3. The third-order valence-corrected chi connectivity index (χ3v) is 12.1. The highest BCUT2D eigenvalue weighted by molar-refractivity contribution is 6.39. The van der Waals surface area contributed by atoms with E-state index in [1.54, 1.807) is 27.0 Å². The summed E-state index contributed by atoms with van der Waals surface area (Å²) in [6.07, 6.45) is 18.9. The highest BCUT2D eigenvalue weighted by atomic mass is 16.6. The zero-order chi connectivity index (χ0) is 42.1. The lowest BCUT2D eigenvalue weighted by Gasteiger charge is -2.42. The molecule has 320 valence electrons. The number of ether oxygens (including phenoxy) is 3. The lowest BCUT2D eigenvalue weighted by molar-refractivity contribution is -0.265. The number of rotatable bonds is 21. The lowest BCUT2D eigenvalue weighted by Crippen LogP contribution is -2.60. The first kappa shape index (κ1) is 48.1. The number of methoxy groups -OCH3 is 1. The number of allylic oxidation sites excluding steroid dienone is 6. The standard InChI is InChI=1S/C45H69NO11/c1-30(26-33(4)40(50)29-48)12-8-7-9-13-32(3)41(55-6)27-38-23-16-34(5)45(54,57-38)42(51)43(52)46-25-11-10-14-39(46)44(53)56-37(22-15-31(2)28-47)24-19-35-17-20-36(49)21-18-35/h7-9,12-13,15,28,30,33-39,41,48-49,54H,10-11,14,16-27,29H2,1-6H3/b9-7+,12-8+,31-15+,32-13+/t30-,33-,34-,35-,36-,37+,38+,39+,41+,45-/m1/s1. The van der Waals surface area contributed by atoms with Gasteiger partial charge in [0.2, 0.25) is 5.79 Å². The van der Waals surface area contributed by atoms with E-state index in [1.165, 1.54) is 4.90 Å². The Balaban J connectivity index is 1.65. The summed E-state index contributed by atoms with van der Waals surface area (Å²) in [7, 11) is 1.58. The van der Waals surface area contributed by atoms with Gasteiger partial charge in [-0.15, -0.1) is 0 Å². The average molecular weight is 800 g/mol. The second-order valence-corrected chi connectivity index (χ2v) is 16.7. The molecule has 1 saturated carbocycles.